The zero-order chi connectivity index (χ0) is 12.3. The number of ether oxygens (including phenoxy) is 2. The van der Waals surface area contributed by atoms with Gasteiger partial charge in [0, 0.05) is 0 Å². The number of hydrogen-bond acceptors (Lipinski definition) is 3. The summed E-state index contributed by atoms with van der Waals surface area (Å²) in [4.78, 5) is 0. The Balaban J connectivity index is 2.17. The molecule has 3 nitrogen and oxygen atoms in total. The monoisotopic (exact) mass is 235 g/mol. The van der Waals surface area contributed by atoms with Crippen LogP contribution < -0.4 is 15.2 Å². The van der Waals surface area contributed by atoms with Gasteiger partial charge in [0.2, 0.25) is 0 Å². The third-order valence-corrected chi connectivity index (χ3v) is 3.48. The summed E-state index contributed by atoms with van der Waals surface area (Å²) in [6.07, 6.45) is 3.93. The van der Waals surface area contributed by atoms with E-state index in [0.717, 1.165) is 17.4 Å². The lowest BCUT2D eigenvalue weighted by Gasteiger charge is -2.17. The SMILES string of the molecule is COc1ccc([C@H](CN)CC2CC2)cc1OC. The van der Waals surface area contributed by atoms with Crippen LogP contribution in [0.5, 0.6) is 11.5 Å². The Morgan fingerprint density at radius 3 is 2.47 bits per heavy atom. The maximum atomic E-state index is 5.87. The van der Waals surface area contributed by atoms with Gasteiger partial charge in [-0.05, 0) is 42.5 Å². The summed E-state index contributed by atoms with van der Waals surface area (Å²) < 4.78 is 10.6. The fourth-order valence-corrected chi connectivity index (χ4v) is 2.23. The zero-order valence-electron chi connectivity index (χ0n) is 10.6. The van der Waals surface area contributed by atoms with Gasteiger partial charge in [0.1, 0.15) is 0 Å². The molecule has 1 fully saturated rings. The van der Waals surface area contributed by atoms with Crippen LogP contribution in [0, 0.1) is 5.92 Å². The van der Waals surface area contributed by atoms with E-state index in [0.29, 0.717) is 12.5 Å². The van der Waals surface area contributed by atoms with Crippen molar-refractivity contribution in [1.82, 2.24) is 0 Å². The van der Waals surface area contributed by atoms with Crippen molar-refractivity contribution in [3.8, 4) is 11.5 Å². The highest BCUT2D eigenvalue weighted by molar-refractivity contribution is 5.44. The summed E-state index contributed by atoms with van der Waals surface area (Å²) in [5, 5.41) is 0. The van der Waals surface area contributed by atoms with Crippen molar-refractivity contribution in [3.05, 3.63) is 23.8 Å². The number of nitrogens with two attached hydrogens (primary N) is 1. The predicted molar refractivity (Wildman–Crippen MR) is 68.7 cm³/mol. The molecule has 94 valence electrons. The molecule has 0 aromatic heterocycles. The summed E-state index contributed by atoms with van der Waals surface area (Å²) in [6, 6.07) is 6.11. The fourth-order valence-electron chi connectivity index (χ4n) is 2.23. The standard InChI is InChI=1S/C14H21NO2/c1-16-13-6-5-11(8-14(13)17-2)12(9-15)7-10-3-4-10/h5-6,8,10,12H,3-4,7,9,15H2,1-2H3/t12-/m0/s1. The summed E-state index contributed by atoms with van der Waals surface area (Å²) in [7, 11) is 3.32. The second-order valence-electron chi connectivity index (χ2n) is 4.73. The van der Waals surface area contributed by atoms with Gasteiger partial charge in [-0.15, -0.1) is 0 Å². The van der Waals surface area contributed by atoms with Gasteiger partial charge in [-0.2, -0.15) is 0 Å². The first-order valence-corrected chi connectivity index (χ1v) is 6.20. The maximum absolute atomic E-state index is 5.87. The Bertz CT molecular complexity index is 374. The molecule has 0 bridgehead atoms. The van der Waals surface area contributed by atoms with E-state index in [1.54, 1.807) is 14.2 Å². The molecule has 1 atom stereocenters. The van der Waals surface area contributed by atoms with Crippen LogP contribution in [-0.2, 0) is 0 Å². The molecule has 2 rings (SSSR count). The molecule has 17 heavy (non-hydrogen) atoms. The first-order chi connectivity index (χ1) is 8.28. The highest BCUT2D eigenvalue weighted by Crippen LogP contribution is 2.39. The van der Waals surface area contributed by atoms with Gasteiger partial charge in [-0.25, -0.2) is 0 Å². The van der Waals surface area contributed by atoms with Crippen molar-refractivity contribution in [3.63, 3.8) is 0 Å². The number of rotatable bonds is 6. The molecule has 0 saturated heterocycles. The highest BCUT2D eigenvalue weighted by Gasteiger charge is 2.26. The van der Waals surface area contributed by atoms with Crippen LogP contribution in [0.15, 0.2) is 18.2 Å². The van der Waals surface area contributed by atoms with Crippen molar-refractivity contribution < 1.29 is 9.47 Å². The van der Waals surface area contributed by atoms with E-state index in [4.69, 9.17) is 15.2 Å². The van der Waals surface area contributed by atoms with Crippen LogP contribution in [0.4, 0.5) is 0 Å². The third-order valence-electron chi connectivity index (χ3n) is 3.48. The van der Waals surface area contributed by atoms with E-state index in [1.165, 1.54) is 24.8 Å². The third kappa shape index (κ3) is 2.91. The van der Waals surface area contributed by atoms with Crippen LogP contribution >= 0.6 is 0 Å². The number of methoxy groups -OCH3 is 2. The van der Waals surface area contributed by atoms with Gasteiger partial charge in [0.15, 0.2) is 11.5 Å². The second-order valence-corrected chi connectivity index (χ2v) is 4.73. The summed E-state index contributed by atoms with van der Waals surface area (Å²) in [6.45, 7) is 0.700. The molecule has 1 aliphatic rings. The average Bonchev–Trinajstić information content (AvgIpc) is 3.19. The Morgan fingerprint density at radius 2 is 1.94 bits per heavy atom. The van der Waals surface area contributed by atoms with Crippen molar-refractivity contribution in [2.24, 2.45) is 11.7 Å². The molecule has 0 unspecified atom stereocenters. The van der Waals surface area contributed by atoms with Crippen molar-refractivity contribution in [2.75, 3.05) is 20.8 Å². The fraction of sp³-hybridized carbons (Fsp3) is 0.571. The molecular formula is C14H21NO2. The molecular weight excluding hydrogens is 214 g/mol. The normalized spacial score (nSPS) is 16.6. The predicted octanol–water partition coefficient (Wildman–Crippen LogP) is 2.55. The van der Waals surface area contributed by atoms with Gasteiger partial charge >= 0.3 is 0 Å². The van der Waals surface area contributed by atoms with Crippen LogP contribution in [-0.4, -0.2) is 20.8 Å². The van der Waals surface area contributed by atoms with E-state index in [2.05, 4.69) is 12.1 Å². The first kappa shape index (κ1) is 12.2. The molecule has 1 saturated carbocycles. The summed E-state index contributed by atoms with van der Waals surface area (Å²) in [5.74, 6) is 2.90. The van der Waals surface area contributed by atoms with Crippen LogP contribution in [0.25, 0.3) is 0 Å². The van der Waals surface area contributed by atoms with Crippen molar-refractivity contribution in [2.45, 2.75) is 25.2 Å². The summed E-state index contributed by atoms with van der Waals surface area (Å²) in [5.41, 5.74) is 7.13. The minimum absolute atomic E-state index is 0.447. The lowest BCUT2D eigenvalue weighted by molar-refractivity contribution is 0.354. The minimum atomic E-state index is 0.447. The first-order valence-electron chi connectivity index (χ1n) is 6.20. The van der Waals surface area contributed by atoms with E-state index < -0.39 is 0 Å². The molecule has 3 heteroatoms. The van der Waals surface area contributed by atoms with Crippen LogP contribution in [0.1, 0.15) is 30.7 Å². The molecule has 1 aliphatic carbocycles. The Hall–Kier alpha value is -1.22. The van der Waals surface area contributed by atoms with E-state index in [-0.39, 0.29) is 0 Å². The topological polar surface area (TPSA) is 44.5 Å². The van der Waals surface area contributed by atoms with Gasteiger partial charge in [0.25, 0.3) is 0 Å². The smallest absolute Gasteiger partial charge is 0.160 e. The quantitative estimate of drug-likeness (QED) is 0.824. The lowest BCUT2D eigenvalue weighted by atomic mass is 9.93. The Morgan fingerprint density at radius 1 is 1.24 bits per heavy atom. The zero-order valence-corrected chi connectivity index (χ0v) is 10.6. The lowest BCUT2D eigenvalue weighted by Crippen LogP contribution is -2.13. The molecule has 1 aromatic carbocycles. The van der Waals surface area contributed by atoms with E-state index in [1.807, 2.05) is 6.07 Å². The Labute approximate surface area is 103 Å². The Kier molecular flexibility index (Phi) is 3.89. The van der Waals surface area contributed by atoms with Crippen molar-refractivity contribution in [1.29, 1.82) is 0 Å². The minimum Gasteiger partial charge on any atom is -0.493 e. The van der Waals surface area contributed by atoms with E-state index >= 15 is 0 Å². The molecule has 1 aromatic rings. The highest BCUT2D eigenvalue weighted by atomic mass is 16.5. The van der Waals surface area contributed by atoms with Crippen LogP contribution in [0.2, 0.25) is 0 Å². The molecule has 0 aliphatic heterocycles. The largest absolute Gasteiger partial charge is 0.493 e. The molecule has 0 radical (unpaired) electrons. The van der Waals surface area contributed by atoms with Gasteiger partial charge in [0.05, 0.1) is 14.2 Å². The van der Waals surface area contributed by atoms with Gasteiger partial charge < -0.3 is 15.2 Å². The van der Waals surface area contributed by atoms with Crippen molar-refractivity contribution >= 4 is 0 Å². The molecule has 0 spiro atoms. The molecule has 0 heterocycles. The van der Waals surface area contributed by atoms with Gasteiger partial charge in [-0.1, -0.05) is 18.9 Å². The number of hydrogen-bond donors (Lipinski definition) is 1. The maximum Gasteiger partial charge on any atom is 0.160 e. The number of benzene rings is 1. The average molecular weight is 235 g/mol. The van der Waals surface area contributed by atoms with Gasteiger partial charge in [-0.3, -0.25) is 0 Å². The molecule has 0 amide bonds. The van der Waals surface area contributed by atoms with Crippen LogP contribution in [0.3, 0.4) is 0 Å². The summed E-state index contributed by atoms with van der Waals surface area (Å²) >= 11 is 0. The molecule has 2 N–H and O–H groups in total. The second kappa shape index (κ2) is 5.41. The van der Waals surface area contributed by atoms with E-state index in [9.17, 15) is 0 Å².